The van der Waals surface area contributed by atoms with E-state index in [0.717, 1.165) is 43.8 Å². The Bertz CT molecular complexity index is 1410. The second-order valence-corrected chi connectivity index (χ2v) is 9.74. The highest BCUT2D eigenvalue weighted by Gasteiger charge is 2.23. The van der Waals surface area contributed by atoms with Crippen molar-refractivity contribution in [1.29, 1.82) is 0 Å². The van der Waals surface area contributed by atoms with Crippen LogP contribution in [0, 0.1) is 48.5 Å². The first kappa shape index (κ1) is 22.8. The molecule has 172 valence electrons. The lowest BCUT2D eigenvalue weighted by Crippen LogP contribution is -2.14. The fourth-order valence-corrected chi connectivity index (χ4v) is 5.09. The summed E-state index contributed by atoms with van der Waals surface area (Å²) in [5, 5.41) is 12.9. The summed E-state index contributed by atoms with van der Waals surface area (Å²) in [7, 11) is 3.75. The van der Waals surface area contributed by atoms with Crippen molar-refractivity contribution in [2.45, 2.75) is 48.5 Å². The maximum absolute atomic E-state index is 13.3. The van der Waals surface area contributed by atoms with E-state index >= 15 is 0 Å². The highest BCUT2D eigenvalue weighted by Crippen LogP contribution is 2.34. The standard InChI is InChI=1S/C24H29N7OS/c1-11-12(2)14(4)25-20(13(11)3)22-18(10-30(8)29-22)26-23(32)21-17(7)33-24(27-21)19-15(5)28-31(9)16(19)6/h10H,1-9H3,(H,26,32). The molecule has 4 aromatic heterocycles. The number of thiazole rings is 1. The molecule has 0 fully saturated rings. The second-order valence-electron chi connectivity index (χ2n) is 8.53. The molecule has 1 amide bonds. The van der Waals surface area contributed by atoms with Crippen molar-refractivity contribution in [2.75, 3.05) is 5.32 Å². The number of carbonyl (C=O) groups is 1. The third-order valence-electron chi connectivity index (χ3n) is 6.34. The Morgan fingerprint density at radius 3 is 2.21 bits per heavy atom. The average molecular weight is 464 g/mol. The van der Waals surface area contributed by atoms with Crippen LogP contribution in [0.15, 0.2) is 6.20 Å². The lowest BCUT2D eigenvalue weighted by atomic mass is 10.00. The topological polar surface area (TPSA) is 90.5 Å². The SMILES string of the molecule is Cc1nc(-c2nn(C)cc2NC(=O)c2nc(-c3c(C)nn(C)c3C)sc2C)c(C)c(C)c1C. The molecule has 8 nitrogen and oxygen atoms in total. The zero-order valence-corrected chi connectivity index (χ0v) is 21.4. The Morgan fingerprint density at radius 1 is 0.879 bits per heavy atom. The highest BCUT2D eigenvalue weighted by atomic mass is 32.1. The van der Waals surface area contributed by atoms with E-state index in [9.17, 15) is 4.79 Å². The zero-order valence-electron chi connectivity index (χ0n) is 20.6. The van der Waals surface area contributed by atoms with E-state index in [0.29, 0.717) is 17.1 Å². The van der Waals surface area contributed by atoms with Crippen molar-refractivity contribution in [3.05, 3.63) is 50.5 Å². The molecule has 0 bridgehead atoms. The Balaban J connectivity index is 1.72. The first-order chi connectivity index (χ1) is 15.5. The summed E-state index contributed by atoms with van der Waals surface area (Å²) in [6.07, 6.45) is 1.80. The minimum atomic E-state index is -0.262. The number of pyridine rings is 1. The number of hydrogen-bond acceptors (Lipinski definition) is 6. The third-order valence-corrected chi connectivity index (χ3v) is 7.33. The van der Waals surface area contributed by atoms with Crippen molar-refractivity contribution < 1.29 is 4.79 Å². The summed E-state index contributed by atoms with van der Waals surface area (Å²) in [5.41, 5.74) is 9.73. The lowest BCUT2D eigenvalue weighted by Gasteiger charge is -2.13. The van der Waals surface area contributed by atoms with E-state index in [1.165, 1.54) is 22.5 Å². The van der Waals surface area contributed by atoms with Gasteiger partial charge in [-0.05, 0) is 65.2 Å². The fourth-order valence-electron chi connectivity index (χ4n) is 4.03. The molecular formula is C24H29N7OS. The number of nitrogens with zero attached hydrogens (tertiary/aromatic N) is 6. The number of carbonyl (C=O) groups excluding carboxylic acids is 1. The van der Waals surface area contributed by atoms with Gasteiger partial charge in [-0.3, -0.25) is 19.1 Å². The zero-order chi connectivity index (χ0) is 24.2. The summed E-state index contributed by atoms with van der Waals surface area (Å²) < 4.78 is 3.53. The van der Waals surface area contributed by atoms with E-state index in [-0.39, 0.29) is 5.91 Å². The molecule has 9 heteroatoms. The largest absolute Gasteiger partial charge is 0.317 e. The van der Waals surface area contributed by atoms with E-state index in [1.807, 2.05) is 53.4 Å². The number of anilines is 1. The molecule has 4 rings (SSSR count). The van der Waals surface area contributed by atoms with Crippen LogP contribution in [-0.4, -0.2) is 35.4 Å². The van der Waals surface area contributed by atoms with Crippen molar-refractivity contribution in [2.24, 2.45) is 14.1 Å². The predicted octanol–water partition coefficient (Wildman–Crippen LogP) is 4.75. The molecule has 0 aliphatic heterocycles. The molecule has 33 heavy (non-hydrogen) atoms. The van der Waals surface area contributed by atoms with Gasteiger partial charge in [0.15, 0.2) is 0 Å². The minimum absolute atomic E-state index is 0.262. The van der Waals surface area contributed by atoms with Gasteiger partial charge in [-0.1, -0.05) is 0 Å². The second kappa shape index (κ2) is 8.22. The van der Waals surface area contributed by atoms with E-state index in [1.54, 1.807) is 10.9 Å². The van der Waals surface area contributed by atoms with Gasteiger partial charge in [-0.15, -0.1) is 11.3 Å². The van der Waals surface area contributed by atoms with Gasteiger partial charge in [0.05, 0.1) is 22.6 Å². The molecule has 0 radical (unpaired) electrons. The van der Waals surface area contributed by atoms with Gasteiger partial charge in [0.1, 0.15) is 16.4 Å². The molecule has 0 saturated carbocycles. The van der Waals surface area contributed by atoms with E-state index in [4.69, 9.17) is 4.98 Å². The fraction of sp³-hybridized carbons (Fsp3) is 0.375. The number of aromatic nitrogens is 6. The van der Waals surface area contributed by atoms with Crippen LogP contribution in [0.4, 0.5) is 5.69 Å². The number of hydrogen-bond donors (Lipinski definition) is 1. The Morgan fingerprint density at radius 2 is 1.58 bits per heavy atom. The molecule has 4 heterocycles. The van der Waals surface area contributed by atoms with Crippen LogP contribution < -0.4 is 5.32 Å². The van der Waals surface area contributed by atoms with Gasteiger partial charge in [0.2, 0.25) is 0 Å². The Hall–Kier alpha value is -3.33. The van der Waals surface area contributed by atoms with Gasteiger partial charge >= 0.3 is 0 Å². The van der Waals surface area contributed by atoms with Crippen LogP contribution in [0.2, 0.25) is 0 Å². The van der Waals surface area contributed by atoms with E-state index < -0.39 is 0 Å². The molecule has 0 aromatic carbocycles. The highest BCUT2D eigenvalue weighted by molar-refractivity contribution is 7.15. The lowest BCUT2D eigenvalue weighted by molar-refractivity contribution is 0.102. The monoisotopic (exact) mass is 463 g/mol. The van der Waals surface area contributed by atoms with E-state index in [2.05, 4.69) is 34.3 Å². The average Bonchev–Trinajstić information content (AvgIpc) is 3.38. The number of aryl methyl sites for hydroxylation is 5. The van der Waals surface area contributed by atoms with Gasteiger partial charge in [0, 0.05) is 36.6 Å². The maximum Gasteiger partial charge on any atom is 0.275 e. The van der Waals surface area contributed by atoms with Crippen LogP contribution in [0.1, 0.15) is 49.1 Å². The molecular weight excluding hydrogens is 434 g/mol. The quantitative estimate of drug-likeness (QED) is 0.472. The van der Waals surface area contributed by atoms with Crippen LogP contribution in [-0.2, 0) is 14.1 Å². The summed E-state index contributed by atoms with van der Waals surface area (Å²) in [5.74, 6) is -0.262. The molecule has 1 N–H and O–H groups in total. The van der Waals surface area contributed by atoms with Gasteiger partial charge in [-0.25, -0.2) is 4.98 Å². The first-order valence-corrected chi connectivity index (χ1v) is 11.6. The Labute approximate surface area is 197 Å². The van der Waals surface area contributed by atoms with Crippen molar-refractivity contribution in [3.8, 4) is 22.0 Å². The van der Waals surface area contributed by atoms with Gasteiger partial charge in [-0.2, -0.15) is 10.2 Å². The molecule has 0 aliphatic carbocycles. The summed E-state index contributed by atoms with van der Waals surface area (Å²) in [4.78, 5) is 23.6. The maximum atomic E-state index is 13.3. The number of amides is 1. The number of rotatable bonds is 4. The minimum Gasteiger partial charge on any atom is -0.317 e. The van der Waals surface area contributed by atoms with Crippen molar-refractivity contribution in [1.82, 2.24) is 29.5 Å². The van der Waals surface area contributed by atoms with Crippen LogP contribution in [0.25, 0.3) is 22.0 Å². The summed E-state index contributed by atoms with van der Waals surface area (Å²) >= 11 is 1.50. The van der Waals surface area contributed by atoms with Crippen molar-refractivity contribution in [3.63, 3.8) is 0 Å². The first-order valence-electron chi connectivity index (χ1n) is 10.8. The third kappa shape index (κ3) is 3.86. The van der Waals surface area contributed by atoms with Crippen LogP contribution >= 0.6 is 11.3 Å². The Kier molecular flexibility index (Phi) is 5.69. The van der Waals surface area contributed by atoms with Crippen molar-refractivity contribution >= 4 is 22.9 Å². The molecule has 0 spiro atoms. The van der Waals surface area contributed by atoms with Gasteiger partial charge in [0.25, 0.3) is 5.91 Å². The smallest absolute Gasteiger partial charge is 0.275 e. The van der Waals surface area contributed by atoms with Crippen LogP contribution in [0.3, 0.4) is 0 Å². The molecule has 0 aliphatic rings. The van der Waals surface area contributed by atoms with Crippen LogP contribution in [0.5, 0.6) is 0 Å². The summed E-state index contributed by atoms with van der Waals surface area (Å²) in [6.45, 7) is 14.1. The predicted molar refractivity (Wildman–Crippen MR) is 132 cm³/mol. The summed E-state index contributed by atoms with van der Waals surface area (Å²) in [6, 6.07) is 0. The molecule has 0 atom stereocenters. The normalized spacial score (nSPS) is 11.3. The molecule has 0 saturated heterocycles. The molecule has 4 aromatic rings. The molecule has 0 unspecified atom stereocenters. The number of nitrogens with one attached hydrogen (secondary N) is 1. The van der Waals surface area contributed by atoms with Gasteiger partial charge < -0.3 is 5.32 Å².